The largest absolute Gasteiger partial charge is 0.447 e. The molecule has 1 aliphatic carbocycles. The summed E-state index contributed by atoms with van der Waals surface area (Å²) in [6.45, 7) is 1.94. The molecule has 68 valence electrons. The van der Waals surface area contributed by atoms with Gasteiger partial charge in [0.15, 0.2) is 4.93 Å². The summed E-state index contributed by atoms with van der Waals surface area (Å²) in [7, 11) is 0. The SMILES string of the molecule is CC1SC2(CCCCC2)OC1=O. The number of thioether (sulfide) groups is 1. The van der Waals surface area contributed by atoms with Crippen molar-refractivity contribution < 1.29 is 9.53 Å². The average Bonchev–Trinajstić information content (AvgIpc) is 2.29. The van der Waals surface area contributed by atoms with Gasteiger partial charge in [-0.2, -0.15) is 0 Å². The Morgan fingerprint density at radius 2 is 2.08 bits per heavy atom. The second kappa shape index (κ2) is 2.95. The van der Waals surface area contributed by atoms with E-state index in [0.29, 0.717) is 0 Å². The van der Waals surface area contributed by atoms with Gasteiger partial charge in [-0.05, 0) is 32.6 Å². The predicted molar refractivity (Wildman–Crippen MR) is 49.0 cm³/mol. The Bertz CT molecular complexity index is 197. The molecule has 0 amide bonds. The first-order valence-corrected chi connectivity index (χ1v) is 5.50. The lowest BCUT2D eigenvalue weighted by Gasteiger charge is -2.30. The summed E-state index contributed by atoms with van der Waals surface area (Å²) in [5.41, 5.74) is 0. The fraction of sp³-hybridized carbons (Fsp3) is 0.889. The minimum atomic E-state index is -0.116. The summed E-state index contributed by atoms with van der Waals surface area (Å²) in [6, 6.07) is 0. The highest BCUT2D eigenvalue weighted by atomic mass is 32.2. The minimum Gasteiger partial charge on any atom is -0.447 e. The molecule has 2 nitrogen and oxygen atoms in total. The highest BCUT2D eigenvalue weighted by Crippen LogP contribution is 2.47. The lowest BCUT2D eigenvalue weighted by molar-refractivity contribution is -0.149. The molecule has 12 heavy (non-hydrogen) atoms. The lowest BCUT2D eigenvalue weighted by atomic mass is 9.97. The lowest BCUT2D eigenvalue weighted by Crippen LogP contribution is -2.27. The number of carbonyl (C=O) groups excluding carboxylic acids is 1. The van der Waals surface area contributed by atoms with Gasteiger partial charge in [0, 0.05) is 0 Å². The van der Waals surface area contributed by atoms with Crippen LogP contribution >= 0.6 is 11.8 Å². The van der Waals surface area contributed by atoms with Gasteiger partial charge in [0.05, 0.1) is 0 Å². The molecule has 1 saturated heterocycles. The number of esters is 1. The van der Waals surface area contributed by atoms with Crippen molar-refractivity contribution in [2.24, 2.45) is 0 Å². The number of carbonyl (C=O) groups is 1. The van der Waals surface area contributed by atoms with Gasteiger partial charge in [-0.25, -0.2) is 0 Å². The minimum absolute atomic E-state index is 0.0121. The molecule has 0 radical (unpaired) electrons. The van der Waals surface area contributed by atoms with Gasteiger partial charge in [0.1, 0.15) is 5.25 Å². The quantitative estimate of drug-likeness (QED) is 0.543. The number of ether oxygens (including phenoxy) is 1. The maximum absolute atomic E-state index is 11.2. The normalized spacial score (nSPS) is 33.8. The summed E-state index contributed by atoms with van der Waals surface area (Å²) in [5, 5.41) is 0.0584. The van der Waals surface area contributed by atoms with E-state index in [1.165, 1.54) is 19.3 Å². The molecule has 1 saturated carbocycles. The molecule has 0 aromatic heterocycles. The van der Waals surface area contributed by atoms with E-state index in [9.17, 15) is 4.79 Å². The highest BCUT2D eigenvalue weighted by Gasteiger charge is 2.45. The van der Waals surface area contributed by atoms with Crippen molar-refractivity contribution in [3.05, 3.63) is 0 Å². The Morgan fingerprint density at radius 1 is 1.42 bits per heavy atom. The van der Waals surface area contributed by atoms with Crippen molar-refractivity contribution >= 4 is 17.7 Å². The van der Waals surface area contributed by atoms with Crippen LogP contribution in [0.2, 0.25) is 0 Å². The van der Waals surface area contributed by atoms with Crippen LogP contribution < -0.4 is 0 Å². The third-order valence-corrected chi connectivity index (χ3v) is 4.09. The molecule has 0 N–H and O–H groups in total. The standard InChI is InChI=1S/C9H14O2S/c1-7-8(10)11-9(12-7)5-3-2-4-6-9/h7H,2-6H2,1H3. The van der Waals surface area contributed by atoms with E-state index < -0.39 is 0 Å². The van der Waals surface area contributed by atoms with Crippen molar-refractivity contribution in [1.82, 2.24) is 0 Å². The molecule has 1 aliphatic heterocycles. The van der Waals surface area contributed by atoms with E-state index in [1.54, 1.807) is 11.8 Å². The van der Waals surface area contributed by atoms with Crippen LogP contribution in [0.15, 0.2) is 0 Å². The monoisotopic (exact) mass is 186 g/mol. The van der Waals surface area contributed by atoms with Crippen molar-refractivity contribution in [2.45, 2.75) is 49.2 Å². The molecule has 0 aromatic carbocycles. The molecule has 1 spiro atoms. The Labute approximate surface area is 77.0 Å². The zero-order chi connectivity index (χ0) is 8.60. The van der Waals surface area contributed by atoms with Crippen LogP contribution in [0.1, 0.15) is 39.0 Å². The van der Waals surface area contributed by atoms with Gasteiger partial charge in [0.25, 0.3) is 0 Å². The molecule has 1 heterocycles. The van der Waals surface area contributed by atoms with Gasteiger partial charge < -0.3 is 4.74 Å². The van der Waals surface area contributed by atoms with Crippen molar-refractivity contribution in [3.63, 3.8) is 0 Å². The van der Waals surface area contributed by atoms with E-state index in [0.717, 1.165) is 12.8 Å². The van der Waals surface area contributed by atoms with Crippen LogP contribution in [0.3, 0.4) is 0 Å². The zero-order valence-electron chi connectivity index (χ0n) is 7.34. The van der Waals surface area contributed by atoms with Crippen LogP contribution in [0.25, 0.3) is 0 Å². The predicted octanol–water partition coefficient (Wildman–Crippen LogP) is 2.33. The summed E-state index contributed by atoms with van der Waals surface area (Å²) < 4.78 is 5.43. The average molecular weight is 186 g/mol. The highest BCUT2D eigenvalue weighted by molar-refractivity contribution is 8.02. The Kier molecular flexibility index (Phi) is 2.07. The van der Waals surface area contributed by atoms with E-state index in [4.69, 9.17) is 4.74 Å². The number of hydrogen-bond donors (Lipinski definition) is 0. The first kappa shape index (κ1) is 8.42. The van der Waals surface area contributed by atoms with Crippen molar-refractivity contribution in [3.8, 4) is 0 Å². The van der Waals surface area contributed by atoms with E-state index in [-0.39, 0.29) is 16.2 Å². The molecular weight excluding hydrogens is 172 g/mol. The molecule has 0 bridgehead atoms. The summed E-state index contributed by atoms with van der Waals surface area (Å²) in [6.07, 6.45) is 5.86. The molecular formula is C9H14O2S. The van der Waals surface area contributed by atoms with Gasteiger partial charge in [-0.1, -0.05) is 18.2 Å². The molecule has 1 unspecified atom stereocenters. The van der Waals surface area contributed by atoms with Crippen molar-refractivity contribution in [2.75, 3.05) is 0 Å². The molecule has 1 atom stereocenters. The maximum Gasteiger partial charge on any atom is 0.320 e. The maximum atomic E-state index is 11.2. The second-order valence-electron chi connectivity index (χ2n) is 3.65. The van der Waals surface area contributed by atoms with Gasteiger partial charge in [-0.15, -0.1) is 0 Å². The van der Waals surface area contributed by atoms with E-state index in [1.807, 2.05) is 6.92 Å². The molecule has 2 aliphatic rings. The number of rotatable bonds is 0. The molecule has 2 rings (SSSR count). The zero-order valence-corrected chi connectivity index (χ0v) is 8.15. The topological polar surface area (TPSA) is 26.3 Å². The fourth-order valence-corrected chi connectivity index (χ4v) is 3.41. The second-order valence-corrected chi connectivity index (χ2v) is 5.34. The van der Waals surface area contributed by atoms with Crippen LogP contribution in [-0.4, -0.2) is 16.2 Å². The fourth-order valence-electron chi connectivity index (χ4n) is 1.97. The van der Waals surface area contributed by atoms with Crippen LogP contribution in [0, 0.1) is 0 Å². The van der Waals surface area contributed by atoms with E-state index in [2.05, 4.69) is 0 Å². The van der Waals surface area contributed by atoms with Gasteiger partial charge >= 0.3 is 5.97 Å². The van der Waals surface area contributed by atoms with Crippen LogP contribution in [-0.2, 0) is 9.53 Å². The summed E-state index contributed by atoms with van der Waals surface area (Å²) in [5.74, 6) is -0.0121. The first-order valence-electron chi connectivity index (χ1n) is 4.63. The molecule has 0 aromatic rings. The third-order valence-electron chi connectivity index (χ3n) is 2.63. The Hall–Kier alpha value is -0.180. The van der Waals surface area contributed by atoms with E-state index >= 15 is 0 Å². The summed E-state index contributed by atoms with van der Waals surface area (Å²) >= 11 is 1.73. The third kappa shape index (κ3) is 1.35. The first-order chi connectivity index (χ1) is 5.72. The number of hydrogen-bond acceptors (Lipinski definition) is 3. The van der Waals surface area contributed by atoms with Crippen LogP contribution in [0.5, 0.6) is 0 Å². The van der Waals surface area contributed by atoms with Gasteiger partial charge in [0.2, 0.25) is 0 Å². The summed E-state index contributed by atoms with van der Waals surface area (Å²) in [4.78, 5) is 11.1. The molecule has 3 heteroatoms. The Balaban J connectivity index is 2.07. The smallest absolute Gasteiger partial charge is 0.320 e. The molecule has 2 fully saturated rings. The Morgan fingerprint density at radius 3 is 2.58 bits per heavy atom. The van der Waals surface area contributed by atoms with Crippen molar-refractivity contribution in [1.29, 1.82) is 0 Å². The van der Waals surface area contributed by atoms with Gasteiger partial charge in [-0.3, -0.25) is 4.79 Å². The van der Waals surface area contributed by atoms with Crippen LogP contribution in [0.4, 0.5) is 0 Å².